The maximum Gasteiger partial charge on any atom is 0.257 e. The Morgan fingerprint density at radius 2 is 1.88 bits per heavy atom. The molecule has 0 aliphatic heterocycles. The molecule has 1 heterocycles. The van der Waals surface area contributed by atoms with Crippen LogP contribution < -0.4 is 15.4 Å². The predicted molar refractivity (Wildman–Crippen MR) is 90.7 cm³/mol. The highest BCUT2D eigenvalue weighted by Crippen LogP contribution is 2.28. The Morgan fingerprint density at radius 1 is 1.17 bits per heavy atom. The van der Waals surface area contributed by atoms with Crippen molar-refractivity contribution in [1.82, 2.24) is 10.3 Å². The monoisotopic (exact) mass is 345 g/mol. The molecule has 0 radical (unpaired) electrons. The van der Waals surface area contributed by atoms with Crippen LogP contribution in [0.15, 0.2) is 36.7 Å². The third kappa shape index (κ3) is 3.83. The molecule has 1 fully saturated rings. The van der Waals surface area contributed by atoms with E-state index in [2.05, 4.69) is 15.6 Å². The number of benzene rings is 1. The minimum Gasteiger partial charge on any atom is -0.495 e. The van der Waals surface area contributed by atoms with Gasteiger partial charge in [0.2, 0.25) is 0 Å². The lowest BCUT2D eigenvalue weighted by Crippen LogP contribution is -2.26. The lowest BCUT2D eigenvalue weighted by atomic mass is 10.1. The zero-order chi connectivity index (χ0) is 17.1. The lowest BCUT2D eigenvalue weighted by Gasteiger charge is -2.11. The molecule has 7 heteroatoms. The highest BCUT2D eigenvalue weighted by molar-refractivity contribution is 6.31. The van der Waals surface area contributed by atoms with Crippen molar-refractivity contribution >= 4 is 29.1 Å². The number of anilines is 1. The van der Waals surface area contributed by atoms with Gasteiger partial charge in [-0.1, -0.05) is 11.6 Å². The van der Waals surface area contributed by atoms with Crippen molar-refractivity contribution in [1.29, 1.82) is 0 Å². The maximum absolute atomic E-state index is 12.4. The van der Waals surface area contributed by atoms with E-state index in [0.717, 1.165) is 12.8 Å². The molecule has 1 aromatic heterocycles. The summed E-state index contributed by atoms with van der Waals surface area (Å²) in [5.41, 5.74) is 1.08. The standard InChI is InChI=1S/C17H16ClN3O3/c1-24-15-5-2-12(18)7-14(15)21-17(23)11-6-10(8-19-9-11)16(22)20-13-3-4-13/h2,5-9,13H,3-4H2,1H3,(H,20,22)(H,21,23). The normalized spacial score (nSPS) is 13.2. The molecule has 3 rings (SSSR count). The van der Waals surface area contributed by atoms with Crippen LogP contribution in [-0.2, 0) is 0 Å². The van der Waals surface area contributed by atoms with Crippen molar-refractivity contribution in [2.45, 2.75) is 18.9 Å². The van der Waals surface area contributed by atoms with E-state index in [1.54, 1.807) is 18.2 Å². The number of amides is 2. The first-order chi connectivity index (χ1) is 11.6. The number of rotatable bonds is 5. The molecule has 0 unspecified atom stereocenters. The summed E-state index contributed by atoms with van der Waals surface area (Å²) in [4.78, 5) is 28.5. The number of halogens is 1. The second-order valence-corrected chi connectivity index (χ2v) is 5.95. The van der Waals surface area contributed by atoms with Gasteiger partial charge in [-0.3, -0.25) is 14.6 Å². The van der Waals surface area contributed by atoms with Gasteiger partial charge in [-0.05, 0) is 37.1 Å². The number of methoxy groups -OCH3 is 1. The van der Waals surface area contributed by atoms with Crippen molar-refractivity contribution in [3.8, 4) is 5.75 Å². The Kier molecular flexibility index (Phi) is 4.66. The molecule has 0 saturated heterocycles. The number of aromatic nitrogens is 1. The average Bonchev–Trinajstić information content (AvgIpc) is 3.39. The number of carbonyl (C=O) groups excluding carboxylic acids is 2. The lowest BCUT2D eigenvalue weighted by molar-refractivity contribution is 0.0950. The summed E-state index contributed by atoms with van der Waals surface area (Å²) in [6, 6.07) is 6.67. The van der Waals surface area contributed by atoms with Crippen LogP contribution >= 0.6 is 11.6 Å². The van der Waals surface area contributed by atoms with Crippen LogP contribution in [-0.4, -0.2) is 29.9 Å². The molecule has 2 N–H and O–H groups in total. The minimum atomic E-state index is -0.399. The number of pyridine rings is 1. The fourth-order valence-corrected chi connectivity index (χ4v) is 2.33. The highest BCUT2D eigenvalue weighted by Gasteiger charge is 2.24. The molecule has 1 aliphatic rings. The van der Waals surface area contributed by atoms with E-state index in [9.17, 15) is 9.59 Å². The van der Waals surface area contributed by atoms with Crippen LogP contribution in [0.2, 0.25) is 5.02 Å². The van der Waals surface area contributed by atoms with Crippen LogP contribution in [0.25, 0.3) is 0 Å². The van der Waals surface area contributed by atoms with Gasteiger partial charge in [0.25, 0.3) is 11.8 Å². The third-order valence-corrected chi connectivity index (χ3v) is 3.82. The van der Waals surface area contributed by atoms with E-state index >= 15 is 0 Å². The van der Waals surface area contributed by atoms with E-state index in [4.69, 9.17) is 16.3 Å². The van der Waals surface area contributed by atoms with Gasteiger partial charge in [0.05, 0.1) is 23.9 Å². The van der Waals surface area contributed by atoms with Gasteiger partial charge in [0.1, 0.15) is 5.75 Å². The summed E-state index contributed by atoms with van der Waals surface area (Å²) < 4.78 is 5.20. The molecule has 1 aromatic carbocycles. The van der Waals surface area contributed by atoms with E-state index in [-0.39, 0.29) is 17.5 Å². The highest BCUT2D eigenvalue weighted by atomic mass is 35.5. The van der Waals surface area contributed by atoms with Crippen LogP contribution in [0.4, 0.5) is 5.69 Å². The van der Waals surface area contributed by atoms with Crippen LogP contribution in [0.1, 0.15) is 33.6 Å². The SMILES string of the molecule is COc1ccc(Cl)cc1NC(=O)c1cncc(C(=O)NC2CC2)c1. The summed E-state index contributed by atoms with van der Waals surface area (Å²) in [6.45, 7) is 0. The van der Waals surface area contributed by atoms with Gasteiger partial charge in [-0.2, -0.15) is 0 Å². The molecular formula is C17H16ClN3O3. The molecule has 1 aliphatic carbocycles. The molecule has 1 saturated carbocycles. The smallest absolute Gasteiger partial charge is 0.257 e. The quantitative estimate of drug-likeness (QED) is 0.873. The van der Waals surface area contributed by atoms with Gasteiger partial charge in [0.15, 0.2) is 0 Å². The van der Waals surface area contributed by atoms with Crippen molar-refractivity contribution in [3.05, 3.63) is 52.8 Å². The Morgan fingerprint density at radius 3 is 2.54 bits per heavy atom. The topological polar surface area (TPSA) is 80.3 Å². The first-order valence-electron chi connectivity index (χ1n) is 7.47. The van der Waals surface area contributed by atoms with E-state index in [1.165, 1.54) is 25.6 Å². The molecule has 0 spiro atoms. The summed E-state index contributed by atoms with van der Waals surface area (Å²) in [5.74, 6) is -0.132. The number of hydrogen-bond donors (Lipinski definition) is 2. The second kappa shape index (κ2) is 6.88. The molecule has 124 valence electrons. The Bertz CT molecular complexity index is 790. The molecule has 6 nitrogen and oxygen atoms in total. The number of ether oxygens (including phenoxy) is 1. The van der Waals surface area contributed by atoms with Gasteiger partial charge < -0.3 is 15.4 Å². The minimum absolute atomic E-state index is 0.222. The molecule has 24 heavy (non-hydrogen) atoms. The molecule has 2 aromatic rings. The van der Waals surface area contributed by atoms with Gasteiger partial charge >= 0.3 is 0 Å². The number of hydrogen-bond acceptors (Lipinski definition) is 4. The summed E-state index contributed by atoms with van der Waals surface area (Å²) in [7, 11) is 1.50. The first kappa shape index (κ1) is 16.3. The summed E-state index contributed by atoms with van der Waals surface area (Å²) >= 11 is 5.95. The largest absolute Gasteiger partial charge is 0.495 e. The van der Waals surface area contributed by atoms with Gasteiger partial charge in [-0.15, -0.1) is 0 Å². The van der Waals surface area contributed by atoms with Gasteiger partial charge in [-0.25, -0.2) is 0 Å². The number of carbonyl (C=O) groups is 2. The van der Waals surface area contributed by atoms with Crippen LogP contribution in [0, 0.1) is 0 Å². The first-order valence-corrected chi connectivity index (χ1v) is 7.85. The molecule has 0 bridgehead atoms. The zero-order valence-corrected chi connectivity index (χ0v) is 13.8. The molecule has 2 amide bonds. The summed E-state index contributed by atoms with van der Waals surface area (Å²) in [5, 5.41) is 6.06. The number of nitrogens with one attached hydrogen (secondary N) is 2. The summed E-state index contributed by atoms with van der Waals surface area (Å²) in [6.07, 6.45) is 4.83. The average molecular weight is 346 g/mol. The van der Waals surface area contributed by atoms with Crippen molar-refractivity contribution in [3.63, 3.8) is 0 Å². The third-order valence-electron chi connectivity index (χ3n) is 3.58. The predicted octanol–water partition coefficient (Wildman–Crippen LogP) is 2.89. The van der Waals surface area contributed by atoms with E-state index in [1.807, 2.05) is 0 Å². The van der Waals surface area contributed by atoms with Crippen molar-refractivity contribution in [2.75, 3.05) is 12.4 Å². The number of nitrogens with zero attached hydrogens (tertiary/aromatic N) is 1. The Labute approximate surface area is 144 Å². The second-order valence-electron chi connectivity index (χ2n) is 5.51. The van der Waals surface area contributed by atoms with E-state index < -0.39 is 5.91 Å². The maximum atomic E-state index is 12.4. The molecule has 0 atom stereocenters. The zero-order valence-electron chi connectivity index (χ0n) is 13.0. The van der Waals surface area contributed by atoms with Crippen molar-refractivity contribution < 1.29 is 14.3 Å². The van der Waals surface area contributed by atoms with Crippen molar-refractivity contribution in [2.24, 2.45) is 0 Å². The van der Waals surface area contributed by atoms with Gasteiger partial charge in [0, 0.05) is 23.5 Å². The van der Waals surface area contributed by atoms with Crippen LogP contribution in [0.5, 0.6) is 5.75 Å². The Hall–Kier alpha value is -2.60. The fraction of sp³-hybridized carbons (Fsp3) is 0.235. The molecular weight excluding hydrogens is 330 g/mol. The van der Waals surface area contributed by atoms with Crippen LogP contribution in [0.3, 0.4) is 0 Å². The van der Waals surface area contributed by atoms with E-state index in [0.29, 0.717) is 22.0 Å². The Balaban J connectivity index is 1.77. The fourth-order valence-electron chi connectivity index (χ4n) is 2.16.